The molecule has 2 aromatic rings. The van der Waals surface area contributed by atoms with Gasteiger partial charge in [-0.05, 0) is 42.2 Å². The van der Waals surface area contributed by atoms with E-state index < -0.39 is 0 Å². The lowest BCUT2D eigenvalue weighted by molar-refractivity contribution is -0.134. The molecule has 134 valence electrons. The third-order valence-electron chi connectivity index (χ3n) is 4.42. The van der Waals surface area contributed by atoms with Gasteiger partial charge in [0.2, 0.25) is 0 Å². The van der Waals surface area contributed by atoms with Crippen molar-refractivity contribution in [3.8, 4) is 5.75 Å². The molecule has 0 saturated heterocycles. The Morgan fingerprint density at radius 3 is 2.08 bits per heavy atom. The van der Waals surface area contributed by atoms with Crippen molar-refractivity contribution in [1.29, 1.82) is 0 Å². The first-order valence-corrected chi connectivity index (χ1v) is 8.73. The van der Waals surface area contributed by atoms with E-state index in [1.54, 1.807) is 36.4 Å². The van der Waals surface area contributed by atoms with Crippen LogP contribution < -0.4 is 4.74 Å². The first-order valence-electron chi connectivity index (χ1n) is 8.73. The van der Waals surface area contributed by atoms with Gasteiger partial charge in [0.1, 0.15) is 5.75 Å². The molecule has 0 aromatic heterocycles. The fourth-order valence-corrected chi connectivity index (χ4v) is 2.93. The van der Waals surface area contributed by atoms with Crippen LogP contribution in [0.4, 0.5) is 0 Å². The highest BCUT2D eigenvalue weighted by Crippen LogP contribution is 2.23. The van der Waals surface area contributed by atoms with Gasteiger partial charge >= 0.3 is 5.97 Å². The van der Waals surface area contributed by atoms with Crippen molar-refractivity contribution >= 4 is 17.8 Å². The number of hydrogen-bond acceptors (Lipinski definition) is 4. The van der Waals surface area contributed by atoms with E-state index in [2.05, 4.69) is 13.8 Å². The predicted molar refractivity (Wildman–Crippen MR) is 97.2 cm³/mol. The molecule has 1 aliphatic heterocycles. The van der Waals surface area contributed by atoms with Gasteiger partial charge in [0.05, 0.1) is 11.1 Å². The van der Waals surface area contributed by atoms with Gasteiger partial charge < -0.3 is 4.74 Å². The van der Waals surface area contributed by atoms with Crippen molar-refractivity contribution in [1.82, 2.24) is 4.90 Å². The van der Waals surface area contributed by atoms with Crippen LogP contribution >= 0.6 is 0 Å². The largest absolute Gasteiger partial charge is 0.427 e. The summed E-state index contributed by atoms with van der Waals surface area (Å²) in [5, 5.41) is 0. The van der Waals surface area contributed by atoms with Crippen LogP contribution in [-0.4, -0.2) is 29.2 Å². The fourth-order valence-electron chi connectivity index (χ4n) is 2.93. The van der Waals surface area contributed by atoms with E-state index in [-0.39, 0.29) is 30.7 Å². The highest BCUT2D eigenvalue weighted by Gasteiger charge is 2.34. The maximum atomic E-state index is 12.2. The van der Waals surface area contributed by atoms with Gasteiger partial charge in [0, 0.05) is 13.0 Å². The lowest BCUT2D eigenvalue weighted by atomic mass is 10.0. The molecule has 26 heavy (non-hydrogen) atoms. The number of amides is 2. The molecule has 2 aromatic carbocycles. The molecule has 1 aliphatic rings. The molecule has 1 heterocycles. The number of benzene rings is 2. The summed E-state index contributed by atoms with van der Waals surface area (Å²) in [6.07, 6.45) is 0.508. The molecule has 0 spiro atoms. The second-order valence-corrected chi connectivity index (χ2v) is 6.61. The fraction of sp³-hybridized carbons (Fsp3) is 0.286. The Labute approximate surface area is 152 Å². The second-order valence-electron chi connectivity index (χ2n) is 6.61. The smallest absolute Gasteiger partial charge is 0.311 e. The third kappa shape index (κ3) is 3.67. The highest BCUT2D eigenvalue weighted by atomic mass is 16.5. The number of carbonyl (C=O) groups excluding carboxylic acids is 3. The zero-order valence-electron chi connectivity index (χ0n) is 14.9. The van der Waals surface area contributed by atoms with Crippen LogP contribution in [0.3, 0.4) is 0 Å². The Morgan fingerprint density at radius 1 is 0.962 bits per heavy atom. The van der Waals surface area contributed by atoms with Crippen molar-refractivity contribution in [3.63, 3.8) is 0 Å². The second kappa shape index (κ2) is 7.52. The van der Waals surface area contributed by atoms with Crippen LogP contribution in [0.25, 0.3) is 0 Å². The molecule has 0 radical (unpaired) electrons. The number of carbonyl (C=O) groups is 3. The van der Waals surface area contributed by atoms with Gasteiger partial charge in [-0.1, -0.05) is 38.1 Å². The number of ether oxygens (including phenoxy) is 1. The maximum absolute atomic E-state index is 12.2. The summed E-state index contributed by atoms with van der Waals surface area (Å²) < 4.78 is 5.30. The molecule has 0 bridgehead atoms. The normalized spacial score (nSPS) is 13.3. The number of imide groups is 1. The Hall–Kier alpha value is -2.95. The molecule has 5 heteroatoms. The summed E-state index contributed by atoms with van der Waals surface area (Å²) in [5.74, 6) is -0.0649. The highest BCUT2D eigenvalue weighted by molar-refractivity contribution is 6.21. The van der Waals surface area contributed by atoms with E-state index in [0.29, 0.717) is 29.2 Å². The molecule has 2 amide bonds. The van der Waals surface area contributed by atoms with Crippen LogP contribution in [0.15, 0.2) is 48.5 Å². The average molecular weight is 351 g/mol. The molecule has 0 fully saturated rings. The monoisotopic (exact) mass is 351 g/mol. The van der Waals surface area contributed by atoms with Gasteiger partial charge in [-0.25, -0.2) is 0 Å². The van der Waals surface area contributed by atoms with Crippen molar-refractivity contribution in [2.24, 2.45) is 0 Å². The predicted octanol–water partition coefficient (Wildman–Crippen LogP) is 3.79. The van der Waals surface area contributed by atoms with E-state index in [4.69, 9.17) is 4.74 Å². The molecule has 0 atom stereocenters. The summed E-state index contributed by atoms with van der Waals surface area (Å²) in [6, 6.07) is 14.2. The van der Waals surface area contributed by atoms with Crippen LogP contribution in [-0.2, 0) is 4.79 Å². The first kappa shape index (κ1) is 17.9. The van der Waals surface area contributed by atoms with Crippen molar-refractivity contribution in [2.75, 3.05) is 6.54 Å². The topological polar surface area (TPSA) is 63.7 Å². The van der Waals surface area contributed by atoms with Gasteiger partial charge in [-0.15, -0.1) is 0 Å². The number of nitrogens with zero attached hydrogens (tertiary/aromatic N) is 1. The van der Waals surface area contributed by atoms with Crippen LogP contribution in [0.5, 0.6) is 5.75 Å². The average Bonchev–Trinajstić information content (AvgIpc) is 2.87. The molecule has 0 saturated carbocycles. The molecule has 5 nitrogen and oxygen atoms in total. The molecular formula is C21H21NO4. The number of rotatable bonds is 6. The Bertz CT molecular complexity index is 804. The number of hydrogen-bond donors (Lipinski definition) is 0. The van der Waals surface area contributed by atoms with E-state index in [1.807, 2.05) is 12.1 Å². The standard InChI is InChI=1S/C21H21NO4/c1-14(2)15-9-11-16(12-10-15)26-19(23)8-5-13-22-20(24)17-6-3-4-7-18(17)21(22)25/h3-4,6-7,9-12,14H,5,8,13H2,1-2H3. The maximum Gasteiger partial charge on any atom is 0.311 e. The minimum Gasteiger partial charge on any atom is -0.427 e. The van der Waals surface area contributed by atoms with Gasteiger partial charge in [-0.3, -0.25) is 19.3 Å². The first-order chi connectivity index (χ1) is 12.5. The van der Waals surface area contributed by atoms with Crippen LogP contribution in [0.2, 0.25) is 0 Å². The van der Waals surface area contributed by atoms with E-state index in [9.17, 15) is 14.4 Å². The number of esters is 1. The zero-order chi connectivity index (χ0) is 18.7. The summed E-state index contributed by atoms with van der Waals surface area (Å²) in [4.78, 5) is 37.7. The van der Waals surface area contributed by atoms with E-state index in [1.165, 1.54) is 10.5 Å². The minimum absolute atomic E-state index is 0.138. The van der Waals surface area contributed by atoms with E-state index >= 15 is 0 Å². The molecule has 0 aliphatic carbocycles. The van der Waals surface area contributed by atoms with Crippen LogP contribution in [0.1, 0.15) is 58.9 Å². The molecule has 0 unspecified atom stereocenters. The van der Waals surface area contributed by atoms with Crippen molar-refractivity contribution in [3.05, 3.63) is 65.2 Å². The minimum atomic E-state index is -0.376. The molecule has 3 rings (SSSR count). The van der Waals surface area contributed by atoms with E-state index in [0.717, 1.165) is 0 Å². The zero-order valence-corrected chi connectivity index (χ0v) is 14.9. The Morgan fingerprint density at radius 2 is 1.54 bits per heavy atom. The Balaban J connectivity index is 1.50. The lowest BCUT2D eigenvalue weighted by Crippen LogP contribution is -2.31. The lowest BCUT2D eigenvalue weighted by Gasteiger charge is -2.13. The summed E-state index contributed by atoms with van der Waals surface area (Å²) in [5.41, 5.74) is 2.02. The van der Waals surface area contributed by atoms with Gasteiger partial charge in [0.25, 0.3) is 11.8 Å². The summed E-state index contributed by atoms with van der Waals surface area (Å²) >= 11 is 0. The number of fused-ring (bicyclic) bond motifs is 1. The Kier molecular flexibility index (Phi) is 5.16. The summed E-state index contributed by atoms with van der Waals surface area (Å²) in [6.45, 7) is 4.40. The SMILES string of the molecule is CC(C)c1ccc(OC(=O)CCCN2C(=O)c3ccccc3C2=O)cc1. The summed E-state index contributed by atoms with van der Waals surface area (Å²) in [7, 11) is 0. The van der Waals surface area contributed by atoms with Gasteiger partial charge in [-0.2, -0.15) is 0 Å². The van der Waals surface area contributed by atoms with Gasteiger partial charge in [0.15, 0.2) is 0 Å². The van der Waals surface area contributed by atoms with Crippen molar-refractivity contribution < 1.29 is 19.1 Å². The molecule has 0 N–H and O–H groups in total. The van der Waals surface area contributed by atoms with Crippen molar-refractivity contribution in [2.45, 2.75) is 32.6 Å². The quantitative estimate of drug-likeness (QED) is 0.451. The third-order valence-corrected chi connectivity index (χ3v) is 4.42. The van der Waals surface area contributed by atoms with Crippen LogP contribution in [0, 0.1) is 0 Å². The molecular weight excluding hydrogens is 330 g/mol.